The molecule has 6 N–H and O–H groups in total. The molecule has 2 atom stereocenters. The number of nitrogen functional groups attached to an aromatic ring is 1. The van der Waals surface area contributed by atoms with E-state index in [0.29, 0.717) is 23.5 Å². The second-order valence-corrected chi connectivity index (χ2v) is 9.92. The molecule has 192 valence electrons. The van der Waals surface area contributed by atoms with Crippen molar-refractivity contribution in [2.45, 2.75) is 38.1 Å². The average Bonchev–Trinajstić information content (AvgIpc) is 3.52. The fraction of sp³-hybridized carbons (Fsp3) is 0.444. The van der Waals surface area contributed by atoms with Gasteiger partial charge in [0, 0.05) is 36.0 Å². The monoisotopic (exact) mass is 506 g/mol. The van der Waals surface area contributed by atoms with Gasteiger partial charge in [0.25, 0.3) is 0 Å². The van der Waals surface area contributed by atoms with Gasteiger partial charge in [0.15, 0.2) is 0 Å². The third-order valence-corrected chi connectivity index (χ3v) is 7.18. The lowest BCUT2D eigenvalue weighted by Gasteiger charge is -2.15. The Kier molecular flexibility index (Phi) is 9.77. The van der Waals surface area contributed by atoms with Crippen molar-refractivity contribution in [1.82, 2.24) is 25.2 Å². The number of anilines is 1. The Morgan fingerprint density at radius 3 is 2.83 bits per heavy atom. The first-order valence-corrected chi connectivity index (χ1v) is 13.9. The van der Waals surface area contributed by atoms with Crippen molar-refractivity contribution in [1.29, 1.82) is 0 Å². The predicted octanol–water partition coefficient (Wildman–Crippen LogP) is 3.82. The minimum atomic E-state index is 0.384. The van der Waals surface area contributed by atoms with Gasteiger partial charge in [0.05, 0.1) is 5.39 Å². The summed E-state index contributed by atoms with van der Waals surface area (Å²) in [5, 5.41) is 8.04. The smallest absolute Gasteiger partial charge is 0.146 e. The highest BCUT2D eigenvalue weighted by atomic mass is 32.2. The van der Waals surface area contributed by atoms with Crippen LogP contribution in [0.2, 0.25) is 0 Å². The van der Waals surface area contributed by atoms with Gasteiger partial charge in [-0.25, -0.2) is 14.4 Å². The topological polar surface area (TPSA) is 119 Å². The van der Waals surface area contributed by atoms with Gasteiger partial charge < -0.3 is 26.7 Å². The number of hydrogen-bond acceptors (Lipinski definition) is 8. The Hall–Kier alpha value is -2.88. The van der Waals surface area contributed by atoms with Gasteiger partial charge in [-0.15, -0.1) is 0 Å². The quantitative estimate of drug-likeness (QED) is 0.158. The first kappa shape index (κ1) is 26.2. The largest absolute Gasteiger partial charge is 0.398 e. The highest BCUT2D eigenvalue weighted by Crippen LogP contribution is 2.38. The van der Waals surface area contributed by atoms with Crippen molar-refractivity contribution in [3.63, 3.8) is 0 Å². The van der Waals surface area contributed by atoms with Crippen LogP contribution in [0, 0.1) is 5.92 Å². The van der Waals surface area contributed by atoms with E-state index in [4.69, 9.17) is 11.5 Å². The van der Waals surface area contributed by atoms with E-state index in [1.54, 1.807) is 12.3 Å². The summed E-state index contributed by atoms with van der Waals surface area (Å²) in [5.74, 6) is 1.11. The maximum atomic E-state index is 6.39. The zero-order valence-corrected chi connectivity index (χ0v) is 21.9. The summed E-state index contributed by atoms with van der Waals surface area (Å²) in [6.45, 7) is 4.16. The standard InChI is InChI=1S/C27H38N8S/c1-36-34-15-11-24(28)23-18-35(27-25(23)26(29)32-19-33-27)22-9-8-21(16-22)17-31-13-5-12-30-14-10-20-6-3-2-4-7-20/h2-4,6-7,11,15,18-19,21-22,30-31H,5,8-10,12-14,16-17,28H2,1H3,(H2,29,32,33)/b24-11-,34-15+. The Morgan fingerprint density at radius 2 is 2.00 bits per heavy atom. The van der Waals surface area contributed by atoms with E-state index >= 15 is 0 Å². The molecule has 1 aliphatic carbocycles. The summed E-state index contributed by atoms with van der Waals surface area (Å²) in [4.78, 5) is 8.78. The van der Waals surface area contributed by atoms with E-state index in [9.17, 15) is 0 Å². The zero-order chi connectivity index (χ0) is 25.2. The van der Waals surface area contributed by atoms with Gasteiger partial charge >= 0.3 is 0 Å². The molecule has 2 heterocycles. The summed E-state index contributed by atoms with van der Waals surface area (Å²) < 4.78 is 6.41. The predicted molar refractivity (Wildman–Crippen MR) is 153 cm³/mol. The maximum absolute atomic E-state index is 6.39. The Morgan fingerprint density at radius 1 is 1.17 bits per heavy atom. The van der Waals surface area contributed by atoms with Crippen LogP contribution in [-0.2, 0) is 6.42 Å². The van der Waals surface area contributed by atoms with Crippen LogP contribution >= 0.6 is 11.9 Å². The molecule has 8 nitrogen and oxygen atoms in total. The molecule has 1 aliphatic rings. The van der Waals surface area contributed by atoms with Crippen LogP contribution in [-0.4, -0.2) is 53.2 Å². The number of allylic oxidation sites excluding steroid dienone is 1. The van der Waals surface area contributed by atoms with Gasteiger partial charge in [0.1, 0.15) is 17.8 Å². The minimum Gasteiger partial charge on any atom is -0.398 e. The van der Waals surface area contributed by atoms with Crippen LogP contribution < -0.4 is 22.1 Å². The van der Waals surface area contributed by atoms with Crippen molar-refractivity contribution < 1.29 is 0 Å². The lowest BCUT2D eigenvalue weighted by molar-refractivity contribution is 0.452. The number of nitrogens with two attached hydrogens (primary N) is 2. The molecular formula is C27H38N8S. The van der Waals surface area contributed by atoms with Gasteiger partial charge in [-0.3, -0.25) is 0 Å². The Balaban J connectivity index is 1.25. The molecule has 0 bridgehead atoms. The van der Waals surface area contributed by atoms with Gasteiger partial charge in [0.2, 0.25) is 0 Å². The SMILES string of the molecule is CS/N=C/C=C(\N)c1cn(C2CCC(CNCCCNCCc3ccccc3)C2)c2ncnc(N)c12. The highest BCUT2D eigenvalue weighted by molar-refractivity contribution is 7.97. The van der Waals surface area contributed by atoms with E-state index in [2.05, 4.69) is 66.1 Å². The van der Waals surface area contributed by atoms with E-state index in [1.807, 2.05) is 6.26 Å². The number of fused-ring (bicyclic) bond motifs is 1. The second-order valence-electron chi connectivity index (χ2n) is 9.34. The van der Waals surface area contributed by atoms with Crippen LogP contribution in [0.5, 0.6) is 0 Å². The van der Waals surface area contributed by atoms with Crippen molar-refractivity contribution in [2.75, 3.05) is 38.2 Å². The molecule has 1 fully saturated rings. The van der Waals surface area contributed by atoms with Gasteiger partial charge in [-0.05, 0) is 87.8 Å². The third kappa shape index (κ3) is 6.87. The summed E-state index contributed by atoms with van der Waals surface area (Å²) in [5.41, 5.74) is 16.4. The lowest BCUT2D eigenvalue weighted by Crippen LogP contribution is -2.26. The molecule has 0 spiro atoms. The normalized spacial score (nSPS) is 18.5. The van der Waals surface area contributed by atoms with Crippen LogP contribution in [0.25, 0.3) is 16.7 Å². The van der Waals surface area contributed by atoms with E-state index in [-0.39, 0.29) is 0 Å². The molecule has 9 heteroatoms. The number of benzene rings is 1. The zero-order valence-electron chi connectivity index (χ0n) is 21.1. The molecule has 0 saturated heterocycles. The fourth-order valence-electron chi connectivity index (χ4n) is 5.00. The summed E-state index contributed by atoms with van der Waals surface area (Å²) in [6, 6.07) is 11.0. The molecule has 2 unspecified atom stereocenters. The first-order chi connectivity index (χ1) is 17.7. The number of rotatable bonds is 13. The summed E-state index contributed by atoms with van der Waals surface area (Å²) >= 11 is 1.39. The first-order valence-electron chi connectivity index (χ1n) is 12.8. The van der Waals surface area contributed by atoms with Crippen molar-refractivity contribution in [2.24, 2.45) is 16.0 Å². The molecular weight excluding hydrogens is 468 g/mol. The highest BCUT2D eigenvalue weighted by Gasteiger charge is 2.28. The molecule has 0 aliphatic heterocycles. The molecule has 0 radical (unpaired) electrons. The number of nitrogens with zero attached hydrogens (tertiary/aromatic N) is 4. The molecule has 2 aromatic heterocycles. The maximum Gasteiger partial charge on any atom is 0.146 e. The van der Waals surface area contributed by atoms with E-state index < -0.39 is 0 Å². The summed E-state index contributed by atoms with van der Waals surface area (Å²) in [7, 11) is 0. The van der Waals surface area contributed by atoms with Crippen LogP contribution in [0.15, 0.2) is 53.3 Å². The van der Waals surface area contributed by atoms with Crippen molar-refractivity contribution in [3.8, 4) is 0 Å². The molecule has 0 amide bonds. The van der Waals surface area contributed by atoms with Gasteiger partial charge in [-0.2, -0.15) is 0 Å². The number of aromatic nitrogens is 3. The minimum absolute atomic E-state index is 0.384. The lowest BCUT2D eigenvalue weighted by atomic mass is 10.1. The molecule has 36 heavy (non-hydrogen) atoms. The molecule has 1 aromatic carbocycles. The average molecular weight is 507 g/mol. The summed E-state index contributed by atoms with van der Waals surface area (Å²) in [6.07, 6.45) is 14.7. The fourth-order valence-corrected chi connectivity index (χ4v) is 5.18. The number of nitrogens with one attached hydrogen (secondary N) is 2. The van der Waals surface area contributed by atoms with Crippen molar-refractivity contribution in [3.05, 3.63) is 60.1 Å². The van der Waals surface area contributed by atoms with Crippen molar-refractivity contribution >= 4 is 40.7 Å². The molecule has 4 rings (SSSR count). The van der Waals surface area contributed by atoms with Gasteiger partial charge in [-0.1, -0.05) is 30.3 Å². The van der Waals surface area contributed by atoms with E-state index in [0.717, 1.165) is 68.5 Å². The molecule has 3 aromatic rings. The van der Waals surface area contributed by atoms with Crippen LogP contribution in [0.1, 0.15) is 42.9 Å². The number of hydrogen-bond donors (Lipinski definition) is 4. The second kappa shape index (κ2) is 13.4. The Bertz CT molecular complexity index is 1160. The molecule has 1 saturated carbocycles. The van der Waals surface area contributed by atoms with Crippen LogP contribution in [0.4, 0.5) is 5.82 Å². The van der Waals surface area contributed by atoms with Crippen LogP contribution in [0.3, 0.4) is 0 Å². The Labute approximate surface area is 218 Å². The third-order valence-electron chi connectivity index (χ3n) is 6.85. The van der Waals surface area contributed by atoms with E-state index in [1.165, 1.54) is 30.3 Å².